The van der Waals surface area contributed by atoms with Crippen molar-refractivity contribution in [3.8, 4) is 0 Å². The third kappa shape index (κ3) is 4.28. The highest BCUT2D eigenvalue weighted by Crippen LogP contribution is 2.38. The number of anilines is 1. The molecule has 0 saturated carbocycles. The molecule has 1 heterocycles. The predicted octanol–water partition coefficient (Wildman–Crippen LogP) is 3.55. The monoisotopic (exact) mass is 409 g/mol. The van der Waals surface area contributed by atoms with E-state index in [9.17, 15) is 17.6 Å². The summed E-state index contributed by atoms with van der Waals surface area (Å²) in [6.45, 7) is 1.34. The standard InChI is InChI=1S/C18H17ClFN3O3S/c1-11(24)23-17(18-14(19)7-4-8-15(18)20)10-16(21-23)12-5-3-6-13(9-12)22-27(2,25)26/h3-9,17,22H,10H2,1-2H3. The zero-order valence-electron chi connectivity index (χ0n) is 14.6. The number of halogens is 2. The largest absolute Gasteiger partial charge is 0.284 e. The van der Waals surface area contributed by atoms with Gasteiger partial charge in [0.25, 0.3) is 0 Å². The second kappa shape index (κ2) is 7.28. The number of hydrazone groups is 1. The summed E-state index contributed by atoms with van der Waals surface area (Å²) in [5.41, 5.74) is 1.74. The van der Waals surface area contributed by atoms with Gasteiger partial charge in [0.1, 0.15) is 5.82 Å². The third-order valence-corrected chi connectivity index (χ3v) is 5.00. The van der Waals surface area contributed by atoms with Crippen LogP contribution >= 0.6 is 11.6 Å². The summed E-state index contributed by atoms with van der Waals surface area (Å²) in [6.07, 6.45) is 1.31. The summed E-state index contributed by atoms with van der Waals surface area (Å²) in [5, 5.41) is 5.76. The first-order valence-corrected chi connectivity index (χ1v) is 10.3. The van der Waals surface area contributed by atoms with Gasteiger partial charge >= 0.3 is 0 Å². The first kappa shape index (κ1) is 19.3. The van der Waals surface area contributed by atoms with Gasteiger partial charge in [-0.25, -0.2) is 17.8 Å². The molecule has 0 radical (unpaired) electrons. The normalized spacial score (nSPS) is 17.0. The summed E-state index contributed by atoms with van der Waals surface area (Å²) in [4.78, 5) is 12.0. The molecule has 9 heteroatoms. The lowest BCUT2D eigenvalue weighted by atomic mass is 9.97. The Bertz CT molecular complexity index is 1020. The van der Waals surface area contributed by atoms with E-state index in [2.05, 4.69) is 9.82 Å². The van der Waals surface area contributed by atoms with Gasteiger partial charge in [0.15, 0.2) is 0 Å². The van der Waals surface area contributed by atoms with Crippen LogP contribution in [-0.2, 0) is 14.8 Å². The molecule has 0 saturated heterocycles. The Morgan fingerprint density at radius 2 is 2.00 bits per heavy atom. The molecule has 3 rings (SSSR count). The molecular formula is C18H17ClFN3O3S. The Kier molecular flexibility index (Phi) is 5.21. The third-order valence-electron chi connectivity index (χ3n) is 4.06. The molecule has 27 heavy (non-hydrogen) atoms. The second-order valence-corrected chi connectivity index (χ2v) is 8.38. The van der Waals surface area contributed by atoms with Gasteiger partial charge in [-0.1, -0.05) is 29.8 Å². The van der Waals surface area contributed by atoms with Gasteiger partial charge in [-0.15, -0.1) is 0 Å². The molecule has 1 aliphatic heterocycles. The Hall–Kier alpha value is -2.45. The quantitative estimate of drug-likeness (QED) is 0.838. The molecule has 0 aromatic heterocycles. The number of benzene rings is 2. The number of sulfonamides is 1. The summed E-state index contributed by atoms with van der Waals surface area (Å²) in [7, 11) is -3.43. The van der Waals surface area contributed by atoms with Gasteiger partial charge in [0.05, 0.1) is 18.0 Å². The lowest BCUT2D eigenvalue weighted by Crippen LogP contribution is -2.25. The molecule has 1 amide bonds. The Morgan fingerprint density at radius 3 is 2.63 bits per heavy atom. The van der Waals surface area contributed by atoms with Gasteiger partial charge < -0.3 is 0 Å². The molecule has 142 valence electrons. The van der Waals surface area contributed by atoms with Gasteiger partial charge in [-0.05, 0) is 29.8 Å². The van der Waals surface area contributed by atoms with Crippen LogP contribution in [0.2, 0.25) is 5.02 Å². The van der Waals surface area contributed by atoms with Crippen LogP contribution in [0.25, 0.3) is 0 Å². The fraction of sp³-hybridized carbons (Fsp3) is 0.222. The lowest BCUT2D eigenvalue weighted by Gasteiger charge is -2.21. The number of nitrogens with one attached hydrogen (secondary N) is 1. The highest BCUT2D eigenvalue weighted by molar-refractivity contribution is 7.92. The van der Waals surface area contributed by atoms with E-state index in [-0.39, 0.29) is 22.9 Å². The number of rotatable bonds is 4. The van der Waals surface area contributed by atoms with E-state index < -0.39 is 21.9 Å². The molecule has 0 fully saturated rings. The predicted molar refractivity (Wildman–Crippen MR) is 103 cm³/mol. The molecule has 0 aliphatic carbocycles. The maximum Gasteiger partial charge on any atom is 0.240 e. The number of carbonyl (C=O) groups is 1. The topological polar surface area (TPSA) is 78.8 Å². The van der Waals surface area contributed by atoms with E-state index in [1.54, 1.807) is 30.3 Å². The van der Waals surface area contributed by atoms with Gasteiger partial charge in [0, 0.05) is 29.6 Å². The van der Waals surface area contributed by atoms with E-state index in [1.807, 2.05) is 0 Å². The van der Waals surface area contributed by atoms with Crippen molar-refractivity contribution in [2.45, 2.75) is 19.4 Å². The van der Waals surface area contributed by atoms with Crippen molar-refractivity contribution in [3.63, 3.8) is 0 Å². The van der Waals surface area contributed by atoms with Crippen LogP contribution in [0.4, 0.5) is 10.1 Å². The molecule has 6 nitrogen and oxygen atoms in total. The van der Waals surface area contributed by atoms with Crippen molar-refractivity contribution in [1.82, 2.24) is 5.01 Å². The van der Waals surface area contributed by atoms with Crippen LogP contribution in [0, 0.1) is 5.82 Å². The second-order valence-electron chi connectivity index (χ2n) is 6.22. The van der Waals surface area contributed by atoms with Crippen LogP contribution in [0.1, 0.15) is 30.5 Å². The molecule has 0 bridgehead atoms. The van der Waals surface area contributed by atoms with Crippen molar-refractivity contribution in [2.75, 3.05) is 11.0 Å². The summed E-state index contributed by atoms with van der Waals surface area (Å²) in [5.74, 6) is -0.859. The highest BCUT2D eigenvalue weighted by atomic mass is 35.5. The maximum absolute atomic E-state index is 14.4. The Morgan fingerprint density at radius 1 is 1.30 bits per heavy atom. The Labute approximate surface area is 161 Å². The van der Waals surface area contributed by atoms with Gasteiger partial charge in [0.2, 0.25) is 15.9 Å². The van der Waals surface area contributed by atoms with Crippen LogP contribution in [-0.4, -0.2) is 31.3 Å². The van der Waals surface area contributed by atoms with Crippen molar-refractivity contribution in [3.05, 3.63) is 64.4 Å². The SMILES string of the molecule is CC(=O)N1N=C(c2cccc(NS(C)(=O)=O)c2)CC1c1c(F)cccc1Cl. The van der Waals surface area contributed by atoms with Crippen molar-refractivity contribution < 1.29 is 17.6 Å². The number of hydrogen-bond donors (Lipinski definition) is 1. The summed E-state index contributed by atoms with van der Waals surface area (Å²) in [6, 6.07) is 10.3. The minimum atomic E-state index is -3.43. The van der Waals surface area contributed by atoms with Crippen LogP contribution < -0.4 is 4.72 Å². The van der Waals surface area contributed by atoms with Crippen molar-refractivity contribution in [2.24, 2.45) is 5.10 Å². The zero-order chi connectivity index (χ0) is 19.8. The highest BCUT2D eigenvalue weighted by Gasteiger charge is 2.34. The molecule has 1 unspecified atom stereocenters. The summed E-state index contributed by atoms with van der Waals surface area (Å²) < 4.78 is 39.6. The van der Waals surface area contributed by atoms with E-state index in [1.165, 1.54) is 24.1 Å². The number of nitrogens with zero attached hydrogens (tertiary/aromatic N) is 2. The molecule has 1 N–H and O–H groups in total. The van der Waals surface area contributed by atoms with E-state index >= 15 is 0 Å². The first-order valence-electron chi connectivity index (χ1n) is 8.05. The minimum Gasteiger partial charge on any atom is -0.284 e. The molecule has 2 aromatic carbocycles. The van der Waals surface area contributed by atoms with Gasteiger partial charge in [-0.2, -0.15) is 5.10 Å². The molecule has 0 spiro atoms. The maximum atomic E-state index is 14.4. The van der Waals surface area contributed by atoms with Crippen LogP contribution in [0.3, 0.4) is 0 Å². The van der Waals surface area contributed by atoms with E-state index in [0.717, 1.165) is 6.26 Å². The Balaban J connectivity index is 1.98. The van der Waals surface area contributed by atoms with Crippen LogP contribution in [0.5, 0.6) is 0 Å². The van der Waals surface area contributed by atoms with Crippen LogP contribution in [0.15, 0.2) is 47.6 Å². The molecule has 2 aromatic rings. The fourth-order valence-electron chi connectivity index (χ4n) is 3.01. The average Bonchev–Trinajstić information content (AvgIpc) is 2.98. The lowest BCUT2D eigenvalue weighted by molar-refractivity contribution is -0.130. The number of amides is 1. The van der Waals surface area contributed by atoms with Gasteiger partial charge in [-0.3, -0.25) is 9.52 Å². The number of hydrogen-bond acceptors (Lipinski definition) is 4. The molecular weight excluding hydrogens is 393 g/mol. The molecule has 1 aliphatic rings. The smallest absolute Gasteiger partial charge is 0.240 e. The van der Waals surface area contributed by atoms with Crippen molar-refractivity contribution in [1.29, 1.82) is 0 Å². The average molecular weight is 410 g/mol. The van der Waals surface area contributed by atoms with E-state index in [0.29, 0.717) is 17.0 Å². The molecule has 1 atom stereocenters. The van der Waals surface area contributed by atoms with E-state index in [4.69, 9.17) is 11.6 Å². The minimum absolute atomic E-state index is 0.207. The summed E-state index contributed by atoms with van der Waals surface area (Å²) >= 11 is 6.17. The van der Waals surface area contributed by atoms with Crippen molar-refractivity contribution >= 4 is 38.9 Å². The fourth-order valence-corrected chi connectivity index (χ4v) is 3.85. The number of carbonyl (C=O) groups excluding carboxylic acids is 1. The zero-order valence-corrected chi connectivity index (χ0v) is 16.2. The first-order chi connectivity index (χ1) is 12.7.